The van der Waals surface area contributed by atoms with Gasteiger partial charge in [0.2, 0.25) is 0 Å². The Morgan fingerprint density at radius 3 is 1.95 bits per heavy atom. The molecule has 19 heavy (non-hydrogen) atoms. The fourth-order valence-corrected chi connectivity index (χ4v) is 2.93. The van der Waals surface area contributed by atoms with E-state index in [0.717, 1.165) is 25.0 Å². The maximum absolute atomic E-state index is 12.5. The first kappa shape index (κ1) is 14.3. The summed E-state index contributed by atoms with van der Waals surface area (Å²) in [5, 5.41) is 0. The summed E-state index contributed by atoms with van der Waals surface area (Å²) < 4.78 is 43.3. The zero-order valence-electron chi connectivity index (χ0n) is 11.3. The minimum Gasteiger partial charge on any atom is -0.490 e. The molecule has 2 atom stereocenters. The van der Waals surface area contributed by atoms with E-state index >= 15 is 0 Å². The van der Waals surface area contributed by atoms with E-state index in [4.69, 9.17) is 4.74 Å². The molecule has 1 aliphatic rings. The second-order valence-corrected chi connectivity index (χ2v) is 5.80. The van der Waals surface area contributed by atoms with Crippen molar-refractivity contribution in [3.8, 4) is 5.75 Å². The van der Waals surface area contributed by atoms with Gasteiger partial charge in [-0.2, -0.15) is 0 Å². The summed E-state index contributed by atoms with van der Waals surface area (Å²) >= 11 is 0. The number of rotatable bonds is 3. The third kappa shape index (κ3) is 3.92. The molecule has 1 fully saturated rings. The maximum Gasteiger partial charge on any atom is 0.509 e. The Kier molecular flexibility index (Phi) is 4.12. The zero-order valence-corrected chi connectivity index (χ0v) is 11.3. The number of ether oxygens (including phenoxy) is 1. The average Bonchev–Trinajstić information content (AvgIpc) is 2.26. The fourth-order valence-electron chi connectivity index (χ4n) is 2.93. The molecule has 1 aromatic carbocycles. The number of halogens is 3. The van der Waals surface area contributed by atoms with Crippen molar-refractivity contribution in [2.45, 2.75) is 39.2 Å². The Morgan fingerprint density at radius 2 is 1.47 bits per heavy atom. The van der Waals surface area contributed by atoms with Gasteiger partial charge in [0.15, 0.2) is 0 Å². The van der Waals surface area contributed by atoms with Gasteiger partial charge in [-0.25, -0.2) is 0 Å². The SMILES string of the molecule is CC1CC(C)CC(Oc2ccc([B-](F)(F)F)cc2)C1. The predicted octanol–water partition coefficient (Wildman–Crippen LogP) is 3.94. The molecule has 1 aromatic rings. The summed E-state index contributed by atoms with van der Waals surface area (Å²) in [7, 11) is 0. The number of hydrogen-bond donors (Lipinski definition) is 0. The molecule has 0 saturated heterocycles. The molecule has 0 N–H and O–H groups in total. The van der Waals surface area contributed by atoms with E-state index in [1.807, 2.05) is 0 Å². The third-order valence-corrected chi connectivity index (χ3v) is 3.70. The molecule has 1 aliphatic carbocycles. The van der Waals surface area contributed by atoms with Gasteiger partial charge < -0.3 is 17.7 Å². The van der Waals surface area contributed by atoms with E-state index in [-0.39, 0.29) is 6.10 Å². The summed E-state index contributed by atoms with van der Waals surface area (Å²) in [6, 6.07) is 5.05. The zero-order chi connectivity index (χ0) is 14.0. The van der Waals surface area contributed by atoms with Gasteiger partial charge in [-0.05, 0) is 43.2 Å². The van der Waals surface area contributed by atoms with E-state index < -0.39 is 12.4 Å². The van der Waals surface area contributed by atoms with Crippen LogP contribution >= 0.6 is 0 Å². The lowest BCUT2D eigenvalue weighted by molar-refractivity contribution is 0.101. The minimum atomic E-state index is -4.92. The van der Waals surface area contributed by atoms with Crippen LogP contribution in [0.5, 0.6) is 5.75 Å². The standard InChI is InChI=1S/C14H19BF3O/c1-10-7-11(2)9-14(8-10)19-13-5-3-12(4-6-13)15(16,17)18/h3-6,10-11,14H,7-9H2,1-2H3/q-1. The second-order valence-electron chi connectivity index (χ2n) is 5.80. The van der Waals surface area contributed by atoms with Crippen LogP contribution < -0.4 is 10.2 Å². The molecule has 2 unspecified atom stereocenters. The van der Waals surface area contributed by atoms with E-state index in [1.54, 1.807) is 0 Å². The molecule has 5 heteroatoms. The maximum atomic E-state index is 12.5. The molecule has 0 radical (unpaired) electrons. The average molecular weight is 271 g/mol. The van der Waals surface area contributed by atoms with Gasteiger partial charge in [-0.3, -0.25) is 0 Å². The van der Waals surface area contributed by atoms with Gasteiger partial charge in [0.25, 0.3) is 0 Å². The largest absolute Gasteiger partial charge is 0.509 e. The molecule has 1 nitrogen and oxygen atoms in total. The molecule has 0 spiro atoms. The highest BCUT2D eigenvalue weighted by molar-refractivity contribution is 6.73. The quantitative estimate of drug-likeness (QED) is 0.756. The molecule has 1 saturated carbocycles. The summed E-state index contributed by atoms with van der Waals surface area (Å²) in [5.41, 5.74) is -0.572. The van der Waals surface area contributed by atoms with Crippen LogP contribution in [0.25, 0.3) is 0 Å². The molecular formula is C14H19BF3O-. The van der Waals surface area contributed by atoms with E-state index in [0.29, 0.717) is 17.6 Å². The van der Waals surface area contributed by atoms with Crippen molar-refractivity contribution in [3.63, 3.8) is 0 Å². The topological polar surface area (TPSA) is 9.23 Å². The van der Waals surface area contributed by atoms with Crippen LogP contribution in [0.3, 0.4) is 0 Å². The van der Waals surface area contributed by atoms with Gasteiger partial charge in [-0.15, -0.1) is 5.46 Å². The number of hydrogen-bond acceptors (Lipinski definition) is 1. The smallest absolute Gasteiger partial charge is 0.490 e. The van der Waals surface area contributed by atoms with Crippen LogP contribution in [0.1, 0.15) is 33.1 Å². The molecule has 0 aromatic heterocycles. The first-order valence-electron chi connectivity index (χ1n) is 6.81. The highest BCUT2D eigenvalue weighted by Crippen LogP contribution is 2.31. The molecule has 0 aliphatic heterocycles. The van der Waals surface area contributed by atoms with E-state index in [2.05, 4.69) is 13.8 Å². The van der Waals surface area contributed by atoms with Crippen LogP contribution in [-0.2, 0) is 0 Å². The molecule has 0 bridgehead atoms. The fraction of sp³-hybridized carbons (Fsp3) is 0.571. The van der Waals surface area contributed by atoms with Crippen molar-refractivity contribution in [2.24, 2.45) is 11.8 Å². The van der Waals surface area contributed by atoms with Crippen molar-refractivity contribution in [1.29, 1.82) is 0 Å². The van der Waals surface area contributed by atoms with Crippen LogP contribution in [-0.4, -0.2) is 13.1 Å². The van der Waals surface area contributed by atoms with Gasteiger partial charge in [0, 0.05) is 0 Å². The molecule has 2 rings (SSSR count). The first-order chi connectivity index (χ1) is 8.84. The Balaban J connectivity index is 1.99. The van der Waals surface area contributed by atoms with Crippen molar-refractivity contribution in [3.05, 3.63) is 24.3 Å². The van der Waals surface area contributed by atoms with E-state index in [1.165, 1.54) is 18.6 Å². The van der Waals surface area contributed by atoms with Gasteiger partial charge in [0.05, 0.1) is 6.10 Å². The molecule has 106 valence electrons. The van der Waals surface area contributed by atoms with Crippen LogP contribution in [0.2, 0.25) is 0 Å². The third-order valence-electron chi connectivity index (χ3n) is 3.70. The Morgan fingerprint density at radius 1 is 0.947 bits per heavy atom. The Bertz CT molecular complexity index is 406. The molecule has 0 amide bonds. The monoisotopic (exact) mass is 271 g/mol. The first-order valence-corrected chi connectivity index (χ1v) is 6.81. The predicted molar refractivity (Wildman–Crippen MR) is 71.7 cm³/mol. The summed E-state index contributed by atoms with van der Waals surface area (Å²) in [5.74, 6) is 1.77. The van der Waals surface area contributed by atoms with E-state index in [9.17, 15) is 12.9 Å². The van der Waals surface area contributed by atoms with Crippen molar-refractivity contribution < 1.29 is 17.7 Å². The molecule has 0 heterocycles. The van der Waals surface area contributed by atoms with Crippen LogP contribution in [0, 0.1) is 11.8 Å². The van der Waals surface area contributed by atoms with Crippen molar-refractivity contribution in [1.82, 2.24) is 0 Å². The normalized spacial score (nSPS) is 28.2. The van der Waals surface area contributed by atoms with Crippen LogP contribution in [0.4, 0.5) is 12.9 Å². The Labute approximate surface area is 112 Å². The van der Waals surface area contributed by atoms with Gasteiger partial charge >= 0.3 is 6.98 Å². The van der Waals surface area contributed by atoms with Crippen molar-refractivity contribution in [2.75, 3.05) is 0 Å². The lowest BCUT2D eigenvalue weighted by Crippen LogP contribution is -2.33. The van der Waals surface area contributed by atoms with Gasteiger partial charge in [-0.1, -0.05) is 26.0 Å². The van der Waals surface area contributed by atoms with Gasteiger partial charge in [0.1, 0.15) is 5.75 Å². The minimum absolute atomic E-state index is 0.126. The highest BCUT2D eigenvalue weighted by atomic mass is 19.4. The lowest BCUT2D eigenvalue weighted by atomic mass is 9.80. The number of benzene rings is 1. The molecular weight excluding hydrogens is 252 g/mol. The summed E-state index contributed by atoms with van der Waals surface area (Å²) in [6.45, 7) is -0.524. The summed E-state index contributed by atoms with van der Waals surface area (Å²) in [6.07, 6.45) is 3.29. The summed E-state index contributed by atoms with van der Waals surface area (Å²) in [4.78, 5) is 0. The highest BCUT2D eigenvalue weighted by Gasteiger charge is 2.27. The Hall–Kier alpha value is -1.13. The van der Waals surface area contributed by atoms with Crippen molar-refractivity contribution >= 4 is 12.4 Å². The second kappa shape index (κ2) is 5.47. The van der Waals surface area contributed by atoms with Crippen LogP contribution in [0.15, 0.2) is 24.3 Å². The lowest BCUT2D eigenvalue weighted by Gasteiger charge is -2.31.